The molecular formula is C19H23N7O7. The van der Waals surface area contributed by atoms with Crippen LogP contribution in [0.15, 0.2) is 34.3 Å². The number of hydrogen-bond donors (Lipinski definition) is 7. The Labute approximate surface area is 187 Å². The number of amidine groups is 1. The number of hydrogen-bond acceptors (Lipinski definition) is 9. The largest absolute Gasteiger partial charge is 0.481 e. The molecule has 176 valence electrons. The Hall–Kier alpha value is -4.33. The van der Waals surface area contributed by atoms with Gasteiger partial charge in [0.25, 0.3) is 11.7 Å². The second-order valence-corrected chi connectivity index (χ2v) is 6.96. The molecule has 0 radical (unpaired) electrons. The summed E-state index contributed by atoms with van der Waals surface area (Å²) in [6.45, 7) is 0.226. The predicted molar refractivity (Wildman–Crippen MR) is 116 cm³/mol. The van der Waals surface area contributed by atoms with Crippen molar-refractivity contribution in [1.82, 2.24) is 10.6 Å². The van der Waals surface area contributed by atoms with Crippen LogP contribution in [0.25, 0.3) is 0 Å². The lowest BCUT2D eigenvalue weighted by Gasteiger charge is -2.15. The van der Waals surface area contributed by atoms with Crippen LogP contribution in [-0.2, 0) is 19.2 Å². The third-order valence-corrected chi connectivity index (χ3v) is 4.32. The highest BCUT2D eigenvalue weighted by molar-refractivity contribution is 6.67. The zero-order valence-electron chi connectivity index (χ0n) is 17.3. The molecule has 1 heterocycles. The van der Waals surface area contributed by atoms with Gasteiger partial charge in [-0.3, -0.25) is 29.5 Å². The average Bonchev–Trinajstić information content (AvgIpc) is 2.76. The molecule has 0 unspecified atom stereocenters. The summed E-state index contributed by atoms with van der Waals surface area (Å²) in [6, 6.07) is 4.18. The maximum atomic E-state index is 12.2. The quantitative estimate of drug-likeness (QED) is 0.177. The Morgan fingerprint density at radius 3 is 2.42 bits per heavy atom. The molecular weight excluding hydrogens is 438 g/mol. The minimum atomic E-state index is -1.33. The summed E-state index contributed by atoms with van der Waals surface area (Å²) in [7, 11) is 0. The van der Waals surface area contributed by atoms with Crippen molar-refractivity contribution < 1.29 is 34.2 Å². The molecule has 1 aromatic carbocycles. The second kappa shape index (κ2) is 11.3. The molecule has 9 N–H and O–H groups in total. The van der Waals surface area contributed by atoms with Crippen LogP contribution in [-0.4, -0.2) is 76.7 Å². The normalized spacial score (nSPS) is 16.4. The first kappa shape index (κ1) is 24.9. The van der Waals surface area contributed by atoms with E-state index in [1.54, 1.807) is 12.1 Å². The third-order valence-electron chi connectivity index (χ3n) is 4.32. The van der Waals surface area contributed by atoms with Crippen molar-refractivity contribution in [2.45, 2.75) is 24.9 Å². The summed E-state index contributed by atoms with van der Waals surface area (Å²) in [5.41, 5.74) is 12.1. The highest BCUT2D eigenvalue weighted by Crippen LogP contribution is 2.10. The van der Waals surface area contributed by atoms with Gasteiger partial charge in [0.05, 0.1) is 6.54 Å². The SMILES string of the molecule is NC1=NC(=NC[C@@H](N)CNc2ccc(C(=O)N[C@@H](CCC(=O)O)C(=O)O)cc2)C(=O)C(=O)N1. The van der Waals surface area contributed by atoms with E-state index in [-0.39, 0.29) is 36.9 Å². The number of nitrogens with one attached hydrogen (secondary N) is 3. The lowest BCUT2D eigenvalue weighted by molar-refractivity contribution is -0.140. The smallest absolute Gasteiger partial charge is 0.326 e. The highest BCUT2D eigenvalue weighted by Gasteiger charge is 2.26. The van der Waals surface area contributed by atoms with E-state index in [2.05, 4.69) is 25.9 Å². The first-order valence-electron chi connectivity index (χ1n) is 9.66. The Morgan fingerprint density at radius 2 is 1.82 bits per heavy atom. The molecule has 0 spiro atoms. The van der Waals surface area contributed by atoms with Gasteiger partial charge < -0.3 is 32.3 Å². The van der Waals surface area contributed by atoms with E-state index in [9.17, 15) is 24.0 Å². The summed E-state index contributed by atoms with van der Waals surface area (Å²) >= 11 is 0. The van der Waals surface area contributed by atoms with E-state index in [4.69, 9.17) is 21.7 Å². The number of carboxylic acids is 2. The molecule has 2 amide bonds. The number of rotatable bonds is 11. The van der Waals surface area contributed by atoms with E-state index in [0.29, 0.717) is 5.69 Å². The summed E-state index contributed by atoms with van der Waals surface area (Å²) in [6.07, 6.45) is -0.640. The number of guanidine groups is 1. The van der Waals surface area contributed by atoms with Crippen molar-refractivity contribution in [3.05, 3.63) is 29.8 Å². The Bertz CT molecular complexity index is 1000. The van der Waals surface area contributed by atoms with Crippen LogP contribution in [0.1, 0.15) is 23.2 Å². The van der Waals surface area contributed by atoms with Gasteiger partial charge in [-0.1, -0.05) is 0 Å². The fourth-order valence-electron chi connectivity index (χ4n) is 2.60. The number of carbonyl (C=O) groups is 5. The van der Waals surface area contributed by atoms with Crippen LogP contribution in [0.4, 0.5) is 5.69 Å². The fourth-order valence-corrected chi connectivity index (χ4v) is 2.60. The molecule has 33 heavy (non-hydrogen) atoms. The zero-order valence-corrected chi connectivity index (χ0v) is 17.3. The molecule has 0 saturated carbocycles. The molecule has 0 saturated heterocycles. The minimum Gasteiger partial charge on any atom is -0.481 e. The molecule has 2 atom stereocenters. The van der Waals surface area contributed by atoms with Gasteiger partial charge in [-0.15, -0.1) is 0 Å². The number of anilines is 1. The molecule has 0 fully saturated rings. The second-order valence-electron chi connectivity index (χ2n) is 6.96. The maximum absolute atomic E-state index is 12.2. The molecule has 0 bridgehead atoms. The van der Waals surface area contributed by atoms with E-state index in [1.807, 2.05) is 0 Å². The van der Waals surface area contributed by atoms with Gasteiger partial charge in [-0.05, 0) is 30.7 Å². The number of nitrogens with two attached hydrogens (primary N) is 2. The summed E-state index contributed by atoms with van der Waals surface area (Å²) in [5.74, 6) is -5.55. The van der Waals surface area contributed by atoms with Crippen LogP contribution in [0.5, 0.6) is 0 Å². The highest BCUT2D eigenvalue weighted by atomic mass is 16.4. The van der Waals surface area contributed by atoms with E-state index < -0.39 is 48.0 Å². The van der Waals surface area contributed by atoms with E-state index >= 15 is 0 Å². The zero-order chi connectivity index (χ0) is 24.5. The number of benzene rings is 1. The van der Waals surface area contributed by atoms with Crippen LogP contribution in [0.3, 0.4) is 0 Å². The first-order valence-corrected chi connectivity index (χ1v) is 9.66. The summed E-state index contributed by atoms with van der Waals surface area (Å²) in [4.78, 5) is 64.7. The van der Waals surface area contributed by atoms with Gasteiger partial charge in [-0.25, -0.2) is 4.79 Å². The number of amides is 2. The van der Waals surface area contributed by atoms with Crippen molar-refractivity contribution in [3.63, 3.8) is 0 Å². The number of carboxylic acid groups (broad SMARTS) is 2. The number of aliphatic imine (C=N–C) groups is 2. The molecule has 1 aliphatic rings. The van der Waals surface area contributed by atoms with Crippen molar-refractivity contribution >= 4 is 47.0 Å². The molecule has 14 nitrogen and oxygen atoms in total. The monoisotopic (exact) mass is 461 g/mol. The van der Waals surface area contributed by atoms with Crippen molar-refractivity contribution in [2.24, 2.45) is 21.5 Å². The summed E-state index contributed by atoms with van der Waals surface area (Å²) < 4.78 is 0. The molecule has 1 aromatic rings. The Balaban J connectivity index is 1.87. The number of aliphatic carboxylic acids is 2. The van der Waals surface area contributed by atoms with Gasteiger partial charge in [0.2, 0.25) is 11.8 Å². The molecule has 0 aromatic heterocycles. The van der Waals surface area contributed by atoms with Gasteiger partial charge in [0, 0.05) is 30.3 Å². The maximum Gasteiger partial charge on any atom is 0.326 e. The molecule has 2 rings (SSSR count). The van der Waals surface area contributed by atoms with E-state index in [1.165, 1.54) is 12.1 Å². The summed E-state index contributed by atoms with van der Waals surface area (Å²) in [5, 5.41) is 25.2. The van der Waals surface area contributed by atoms with Gasteiger partial charge in [0.1, 0.15) is 6.04 Å². The van der Waals surface area contributed by atoms with Gasteiger partial charge >= 0.3 is 17.8 Å². The number of nitrogens with zero attached hydrogens (tertiary/aromatic N) is 2. The molecule has 1 aliphatic heterocycles. The van der Waals surface area contributed by atoms with Gasteiger partial charge in [0.15, 0.2) is 0 Å². The van der Waals surface area contributed by atoms with Crippen LogP contribution >= 0.6 is 0 Å². The average molecular weight is 461 g/mol. The van der Waals surface area contributed by atoms with Crippen molar-refractivity contribution in [2.75, 3.05) is 18.4 Å². The predicted octanol–water partition coefficient (Wildman–Crippen LogP) is -2.11. The molecule has 0 aliphatic carbocycles. The number of carbonyl (C=O) groups excluding carboxylic acids is 3. The van der Waals surface area contributed by atoms with Gasteiger partial charge in [-0.2, -0.15) is 4.99 Å². The third kappa shape index (κ3) is 7.70. The van der Waals surface area contributed by atoms with Crippen LogP contribution in [0, 0.1) is 0 Å². The van der Waals surface area contributed by atoms with Crippen LogP contribution in [0.2, 0.25) is 0 Å². The molecule has 14 heteroatoms. The standard InChI is InChI=1S/C19H23N7O7/c20-10(8-23-15-14(29)17(31)26-19(21)25-15)7-22-11-3-1-9(2-4-11)16(30)24-12(18(32)33)5-6-13(27)28/h1-4,10,12,22H,5-8,20H2,(H,24,30)(H,27,28)(H,32,33)(H3,21,23,25,26,31)/t10-,12-/m0/s1. The van der Waals surface area contributed by atoms with E-state index in [0.717, 1.165) is 0 Å². The lowest BCUT2D eigenvalue weighted by Crippen LogP contribution is -2.48. The minimum absolute atomic E-state index is 0.00839. The Morgan fingerprint density at radius 1 is 1.15 bits per heavy atom. The van der Waals surface area contributed by atoms with Crippen molar-refractivity contribution in [3.8, 4) is 0 Å². The van der Waals surface area contributed by atoms with Crippen LogP contribution < -0.4 is 27.4 Å². The topological polar surface area (TPSA) is 239 Å². The number of Topliss-reactive ketones (excluding diaryl/α,β-unsaturated/α-hetero) is 1. The number of ketones is 1. The fraction of sp³-hybridized carbons (Fsp3) is 0.316. The Kier molecular flexibility index (Phi) is 8.56. The lowest BCUT2D eigenvalue weighted by atomic mass is 10.1. The van der Waals surface area contributed by atoms with Crippen molar-refractivity contribution in [1.29, 1.82) is 0 Å². The first-order chi connectivity index (χ1) is 15.6.